The summed E-state index contributed by atoms with van der Waals surface area (Å²) < 4.78 is 0. The van der Waals surface area contributed by atoms with Gasteiger partial charge in [-0.2, -0.15) is 0 Å². The van der Waals surface area contributed by atoms with Crippen molar-refractivity contribution >= 4 is 46.0 Å². The Morgan fingerprint density at radius 3 is 2.82 bits per heavy atom. The van der Waals surface area contributed by atoms with E-state index in [4.69, 9.17) is 23.2 Å². The van der Waals surface area contributed by atoms with E-state index in [9.17, 15) is 9.59 Å². The lowest BCUT2D eigenvalue weighted by atomic mass is 10.2. The first kappa shape index (κ1) is 12.7. The van der Waals surface area contributed by atoms with Crippen LogP contribution in [0.3, 0.4) is 0 Å². The lowest BCUT2D eigenvalue weighted by molar-refractivity contribution is -0.112. The van der Waals surface area contributed by atoms with Crippen LogP contribution in [0.2, 0.25) is 10.0 Å². The van der Waals surface area contributed by atoms with Gasteiger partial charge in [0, 0.05) is 10.8 Å². The summed E-state index contributed by atoms with van der Waals surface area (Å²) in [4.78, 5) is 23.3. The van der Waals surface area contributed by atoms with E-state index in [0.717, 1.165) is 5.75 Å². The minimum absolute atomic E-state index is 0.00324. The Bertz CT molecular complexity index is 479. The van der Waals surface area contributed by atoms with Crippen LogP contribution in [0.4, 0.5) is 0 Å². The Kier molecular flexibility index (Phi) is 3.97. The third-order valence-electron chi connectivity index (χ3n) is 2.41. The highest BCUT2D eigenvalue weighted by Crippen LogP contribution is 2.23. The average molecular weight is 290 g/mol. The van der Waals surface area contributed by atoms with E-state index >= 15 is 0 Å². The molecule has 0 spiro atoms. The molecular weight excluding hydrogens is 281 g/mol. The summed E-state index contributed by atoms with van der Waals surface area (Å²) in [6.45, 7) is 0. The zero-order valence-corrected chi connectivity index (χ0v) is 11.0. The maximum Gasteiger partial charge on any atom is 0.253 e. The smallest absolute Gasteiger partial charge is 0.253 e. The quantitative estimate of drug-likeness (QED) is 0.911. The SMILES string of the molecule is O=C(N[C@@H]1CCSC1=O)c1cc(Cl)ccc1Cl. The van der Waals surface area contributed by atoms with Crippen molar-refractivity contribution in [1.82, 2.24) is 5.32 Å². The zero-order valence-electron chi connectivity index (χ0n) is 8.70. The van der Waals surface area contributed by atoms with Crippen LogP contribution in [-0.2, 0) is 4.79 Å². The summed E-state index contributed by atoms with van der Waals surface area (Å²) in [5.74, 6) is 0.380. The number of carbonyl (C=O) groups is 2. The first-order valence-electron chi connectivity index (χ1n) is 5.00. The van der Waals surface area contributed by atoms with Crippen molar-refractivity contribution in [3.05, 3.63) is 33.8 Å². The van der Waals surface area contributed by atoms with Gasteiger partial charge in [0.1, 0.15) is 0 Å². The van der Waals surface area contributed by atoms with Gasteiger partial charge < -0.3 is 5.32 Å². The molecule has 17 heavy (non-hydrogen) atoms. The van der Waals surface area contributed by atoms with Crippen molar-refractivity contribution < 1.29 is 9.59 Å². The van der Waals surface area contributed by atoms with E-state index in [1.165, 1.54) is 17.8 Å². The van der Waals surface area contributed by atoms with Crippen LogP contribution in [0.1, 0.15) is 16.8 Å². The molecule has 1 aliphatic heterocycles. The fourth-order valence-electron chi connectivity index (χ4n) is 1.53. The molecule has 1 heterocycles. The molecule has 1 aliphatic rings. The van der Waals surface area contributed by atoms with Crippen LogP contribution >= 0.6 is 35.0 Å². The molecular formula is C11H9Cl2NO2S. The van der Waals surface area contributed by atoms with Gasteiger partial charge in [-0.3, -0.25) is 9.59 Å². The molecule has 90 valence electrons. The van der Waals surface area contributed by atoms with Crippen LogP contribution in [0.5, 0.6) is 0 Å². The summed E-state index contributed by atoms with van der Waals surface area (Å²) in [7, 11) is 0. The number of halogens is 2. The molecule has 0 radical (unpaired) electrons. The molecule has 1 aromatic carbocycles. The van der Waals surface area contributed by atoms with Crippen molar-refractivity contribution in [2.24, 2.45) is 0 Å². The Morgan fingerprint density at radius 2 is 2.18 bits per heavy atom. The second kappa shape index (κ2) is 5.29. The molecule has 1 aromatic rings. The highest BCUT2D eigenvalue weighted by molar-refractivity contribution is 8.14. The lowest BCUT2D eigenvalue weighted by Crippen LogP contribution is -2.37. The molecule has 1 N–H and O–H groups in total. The maximum atomic E-state index is 11.9. The van der Waals surface area contributed by atoms with E-state index < -0.39 is 6.04 Å². The summed E-state index contributed by atoms with van der Waals surface area (Å²) >= 11 is 12.9. The first-order valence-corrected chi connectivity index (χ1v) is 6.74. The summed E-state index contributed by atoms with van der Waals surface area (Å²) in [5, 5.41) is 3.42. The number of benzene rings is 1. The predicted molar refractivity (Wildman–Crippen MR) is 69.8 cm³/mol. The van der Waals surface area contributed by atoms with Crippen molar-refractivity contribution in [2.45, 2.75) is 12.5 Å². The number of hydrogen-bond donors (Lipinski definition) is 1. The highest BCUT2D eigenvalue weighted by atomic mass is 35.5. The Morgan fingerprint density at radius 1 is 1.41 bits per heavy atom. The van der Waals surface area contributed by atoms with E-state index in [1.54, 1.807) is 12.1 Å². The lowest BCUT2D eigenvalue weighted by Gasteiger charge is -2.11. The van der Waals surface area contributed by atoms with Gasteiger partial charge in [-0.25, -0.2) is 0 Å². The molecule has 6 heteroatoms. The third-order valence-corrected chi connectivity index (χ3v) is 3.99. The fourth-order valence-corrected chi connectivity index (χ4v) is 2.84. The number of rotatable bonds is 2. The van der Waals surface area contributed by atoms with E-state index in [0.29, 0.717) is 22.0 Å². The largest absolute Gasteiger partial charge is 0.341 e. The van der Waals surface area contributed by atoms with Gasteiger partial charge in [0.15, 0.2) is 0 Å². The molecule has 0 unspecified atom stereocenters. The molecule has 3 nitrogen and oxygen atoms in total. The van der Waals surface area contributed by atoms with Crippen molar-refractivity contribution in [3.8, 4) is 0 Å². The van der Waals surface area contributed by atoms with Crippen LogP contribution in [0.15, 0.2) is 18.2 Å². The van der Waals surface area contributed by atoms with Crippen molar-refractivity contribution in [3.63, 3.8) is 0 Å². The Labute approximate surface area is 113 Å². The monoisotopic (exact) mass is 289 g/mol. The molecule has 0 bridgehead atoms. The van der Waals surface area contributed by atoms with Gasteiger partial charge >= 0.3 is 0 Å². The van der Waals surface area contributed by atoms with E-state index in [1.807, 2.05) is 0 Å². The van der Waals surface area contributed by atoms with E-state index in [-0.39, 0.29) is 11.0 Å². The van der Waals surface area contributed by atoms with Crippen LogP contribution in [-0.4, -0.2) is 22.8 Å². The third kappa shape index (κ3) is 2.94. The molecule has 1 fully saturated rings. The number of carbonyl (C=O) groups excluding carboxylic acids is 2. The van der Waals surface area contributed by atoms with Gasteiger partial charge in [-0.05, 0) is 24.6 Å². The van der Waals surface area contributed by atoms with Crippen LogP contribution < -0.4 is 5.32 Å². The summed E-state index contributed by atoms with van der Waals surface area (Å²) in [6, 6.07) is 4.25. The van der Waals surface area contributed by atoms with Gasteiger partial charge in [0.05, 0.1) is 16.6 Å². The predicted octanol–water partition coefficient (Wildman–Crippen LogP) is 2.76. The topological polar surface area (TPSA) is 46.2 Å². The molecule has 0 saturated carbocycles. The van der Waals surface area contributed by atoms with E-state index in [2.05, 4.69) is 5.32 Å². The van der Waals surface area contributed by atoms with Crippen molar-refractivity contribution in [2.75, 3.05) is 5.75 Å². The molecule has 1 atom stereocenters. The van der Waals surface area contributed by atoms with Gasteiger partial charge in [-0.1, -0.05) is 35.0 Å². The second-order valence-corrected chi connectivity index (χ2v) is 5.55. The standard InChI is InChI=1S/C11H9Cl2NO2S/c12-6-1-2-8(13)7(5-6)10(15)14-9-3-4-17-11(9)16/h1-2,5,9H,3-4H2,(H,14,15)/t9-/m1/s1. The highest BCUT2D eigenvalue weighted by Gasteiger charge is 2.27. The average Bonchev–Trinajstić information content (AvgIpc) is 2.68. The molecule has 0 aromatic heterocycles. The molecule has 2 rings (SSSR count). The van der Waals surface area contributed by atoms with Gasteiger partial charge in [-0.15, -0.1) is 0 Å². The van der Waals surface area contributed by atoms with Gasteiger partial charge in [0.2, 0.25) is 5.12 Å². The number of nitrogens with one attached hydrogen (secondary N) is 1. The minimum Gasteiger partial charge on any atom is -0.341 e. The number of hydrogen-bond acceptors (Lipinski definition) is 3. The molecule has 0 aliphatic carbocycles. The van der Waals surface area contributed by atoms with Gasteiger partial charge in [0.25, 0.3) is 5.91 Å². The normalized spacial score (nSPS) is 19.4. The summed E-state index contributed by atoms with van der Waals surface area (Å²) in [5.41, 5.74) is 0.295. The Hall–Kier alpha value is -0.710. The fraction of sp³-hybridized carbons (Fsp3) is 0.273. The molecule has 1 amide bonds. The summed E-state index contributed by atoms with van der Waals surface area (Å²) in [6.07, 6.45) is 0.660. The maximum absolute atomic E-state index is 11.9. The zero-order chi connectivity index (χ0) is 12.4. The minimum atomic E-state index is -0.414. The van der Waals surface area contributed by atoms with Crippen LogP contribution in [0, 0.1) is 0 Å². The number of thioether (sulfide) groups is 1. The van der Waals surface area contributed by atoms with Crippen molar-refractivity contribution in [1.29, 1.82) is 0 Å². The number of amides is 1. The molecule has 1 saturated heterocycles. The second-order valence-electron chi connectivity index (χ2n) is 3.61. The van der Waals surface area contributed by atoms with Crippen LogP contribution in [0.25, 0.3) is 0 Å². The first-order chi connectivity index (χ1) is 8.08. The Balaban J connectivity index is 2.14.